The fourth-order valence-electron chi connectivity index (χ4n) is 2.69. The van der Waals surface area contributed by atoms with Crippen molar-refractivity contribution in [1.29, 1.82) is 0 Å². The van der Waals surface area contributed by atoms with E-state index in [1.165, 1.54) is 17.4 Å². The van der Waals surface area contributed by atoms with Gasteiger partial charge in [-0.05, 0) is 42.5 Å². The number of ether oxygens (including phenoxy) is 1. The second kappa shape index (κ2) is 6.84. The second-order valence-electron chi connectivity index (χ2n) is 5.45. The van der Waals surface area contributed by atoms with Gasteiger partial charge in [-0.15, -0.1) is 11.3 Å². The summed E-state index contributed by atoms with van der Waals surface area (Å²) in [6.07, 6.45) is 1.31. The predicted octanol–water partition coefficient (Wildman–Crippen LogP) is 2.06. The van der Waals surface area contributed by atoms with Gasteiger partial charge in [-0.1, -0.05) is 12.1 Å². The Kier molecular flexibility index (Phi) is 4.61. The van der Waals surface area contributed by atoms with Gasteiger partial charge in [0.1, 0.15) is 11.8 Å². The van der Waals surface area contributed by atoms with Crippen molar-refractivity contribution in [2.45, 2.75) is 18.9 Å². The highest BCUT2D eigenvalue weighted by Gasteiger charge is 2.36. The highest BCUT2D eigenvalue weighted by molar-refractivity contribution is 7.12. The molecule has 1 aromatic carbocycles. The molecule has 1 unspecified atom stereocenters. The summed E-state index contributed by atoms with van der Waals surface area (Å²) in [6, 6.07) is 9.05. The van der Waals surface area contributed by atoms with Crippen LogP contribution in [0.15, 0.2) is 41.8 Å². The van der Waals surface area contributed by atoms with E-state index in [0.29, 0.717) is 17.8 Å². The average molecular weight is 344 g/mol. The molecule has 2 amide bonds. The first-order chi connectivity index (χ1) is 11.6. The molecule has 2 heterocycles. The zero-order valence-corrected chi connectivity index (χ0v) is 13.6. The van der Waals surface area contributed by atoms with Crippen LogP contribution >= 0.6 is 11.3 Å². The van der Waals surface area contributed by atoms with E-state index in [-0.39, 0.29) is 17.2 Å². The Labute approximate surface area is 142 Å². The van der Waals surface area contributed by atoms with Gasteiger partial charge in [0.15, 0.2) is 0 Å². The molecule has 0 spiro atoms. The van der Waals surface area contributed by atoms with Crippen LogP contribution in [0.4, 0.5) is 0 Å². The quantitative estimate of drug-likeness (QED) is 0.679. The van der Waals surface area contributed by atoms with Crippen molar-refractivity contribution in [3.63, 3.8) is 0 Å². The van der Waals surface area contributed by atoms with Gasteiger partial charge >= 0.3 is 5.97 Å². The van der Waals surface area contributed by atoms with Gasteiger partial charge in [-0.2, -0.15) is 0 Å². The van der Waals surface area contributed by atoms with Gasteiger partial charge in [-0.3, -0.25) is 9.59 Å². The maximum atomic E-state index is 12.5. The van der Waals surface area contributed by atoms with Crippen molar-refractivity contribution >= 4 is 29.1 Å². The van der Waals surface area contributed by atoms with E-state index in [0.717, 1.165) is 6.42 Å². The number of carbonyl (C=O) groups excluding carboxylic acids is 3. The first-order valence-electron chi connectivity index (χ1n) is 7.52. The molecule has 24 heavy (non-hydrogen) atoms. The molecule has 1 atom stereocenters. The van der Waals surface area contributed by atoms with Crippen LogP contribution in [0.1, 0.15) is 32.9 Å². The van der Waals surface area contributed by atoms with E-state index in [1.54, 1.807) is 35.2 Å². The van der Waals surface area contributed by atoms with Crippen LogP contribution in [0.3, 0.4) is 0 Å². The first-order valence-corrected chi connectivity index (χ1v) is 8.40. The van der Waals surface area contributed by atoms with Crippen molar-refractivity contribution in [2.75, 3.05) is 6.54 Å². The Balaban J connectivity index is 1.73. The summed E-state index contributed by atoms with van der Waals surface area (Å²) in [5.74, 6) is -1.01. The molecule has 0 radical (unpaired) electrons. The van der Waals surface area contributed by atoms with Gasteiger partial charge in [0.2, 0.25) is 5.91 Å². The number of carbonyl (C=O) groups is 3. The lowest BCUT2D eigenvalue weighted by Gasteiger charge is -2.22. The summed E-state index contributed by atoms with van der Waals surface area (Å²) in [5.41, 5.74) is 5.48. The Hall–Kier alpha value is -2.67. The summed E-state index contributed by atoms with van der Waals surface area (Å²) in [7, 11) is 0. The molecule has 1 aliphatic rings. The minimum Gasteiger partial charge on any atom is -0.425 e. The lowest BCUT2D eigenvalue weighted by Crippen LogP contribution is -2.42. The minimum atomic E-state index is -0.614. The molecule has 1 aliphatic heterocycles. The Morgan fingerprint density at radius 3 is 2.75 bits per heavy atom. The third-order valence-corrected chi connectivity index (χ3v) is 4.71. The second-order valence-corrected chi connectivity index (χ2v) is 6.39. The summed E-state index contributed by atoms with van der Waals surface area (Å²) < 4.78 is 5.35. The summed E-state index contributed by atoms with van der Waals surface area (Å²) in [6.45, 7) is 0.526. The number of likely N-dealkylation sites (tertiary alicyclic amines) is 1. The van der Waals surface area contributed by atoms with Crippen LogP contribution in [-0.2, 0) is 4.79 Å². The fourth-order valence-corrected chi connectivity index (χ4v) is 3.37. The first kappa shape index (κ1) is 16.2. The number of primary amides is 1. The highest BCUT2D eigenvalue weighted by atomic mass is 32.1. The van der Waals surface area contributed by atoms with E-state index in [1.807, 2.05) is 5.38 Å². The highest BCUT2D eigenvalue weighted by Crippen LogP contribution is 2.24. The Morgan fingerprint density at radius 2 is 2.04 bits per heavy atom. The maximum absolute atomic E-state index is 12.5. The molecule has 2 aromatic rings. The summed E-state index contributed by atoms with van der Waals surface area (Å²) in [4.78, 5) is 38.3. The molecule has 0 saturated carbocycles. The molecular weight excluding hydrogens is 328 g/mol. The Bertz CT molecular complexity index is 773. The lowest BCUT2D eigenvalue weighted by atomic mass is 10.2. The van der Waals surface area contributed by atoms with E-state index in [4.69, 9.17) is 10.5 Å². The van der Waals surface area contributed by atoms with E-state index in [2.05, 4.69) is 0 Å². The van der Waals surface area contributed by atoms with Crippen molar-refractivity contribution < 1.29 is 19.1 Å². The van der Waals surface area contributed by atoms with Gasteiger partial charge in [0.05, 0.1) is 4.88 Å². The molecule has 0 bridgehead atoms. The largest absolute Gasteiger partial charge is 0.425 e. The molecule has 1 fully saturated rings. The molecule has 3 rings (SSSR count). The van der Waals surface area contributed by atoms with E-state index in [9.17, 15) is 14.4 Å². The zero-order chi connectivity index (χ0) is 17.1. The average Bonchev–Trinajstić information content (AvgIpc) is 3.26. The molecular formula is C17H16N2O4S. The summed E-state index contributed by atoms with van der Waals surface area (Å²) >= 11 is 1.35. The van der Waals surface area contributed by atoms with Crippen LogP contribution in [0.25, 0.3) is 0 Å². The Morgan fingerprint density at radius 1 is 1.21 bits per heavy atom. The number of hydrogen-bond donors (Lipinski definition) is 1. The number of nitrogens with zero attached hydrogens (tertiary/aromatic N) is 1. The smallest absolute Gasteiger partial charge is 0.334 e. The van der Waals surface area contributed by atoms with Gasteiger partial charge in [-0.25, -0.2) is 4.79 Å². The molecule has 6 nitrogen and oxygen atoms in total. The van der Waals surface area contributed by atoms with E-state index >= 15 is 0 Å². The van der Waals surface area contributed by atoms with Crippen molar-refractivity contribution in [3.05, 3.63) is 52.2 Å². The van der Waals surface area contributed by atoms with Crippen LogP contribution in [0, 0.1) is 0 Å². The monoisotopic (exact) mass is 344 g/mol. The maximum Gasteiger partial charge on any atom is 0.334 e. The van der Waals surface area contributed by atoms with Gasteiger partial charge in [0.25, 0.3) is 5.91 Å². The normalized spacial score (nSPS) is 16.8. The number of esters is 1. The lowest BCUT2D eigenvalue weighted by molar-refractivity contribution is -0.138. The van der Waals surface area contributed by atoms with E-state index < -0.39 is 17.9 Å². The van der Waals surface area contributed by atoms with Crippen molar-refractivity contribution in [1.82, 2.24) is 4.90 Å². The zero-order valence-electron chi connectivity index (χ0n) is 12.8. The predicted molar refractivity (Wildman–Crippen MR) is 89.0 cm³/mol. The molecule has 2 N–H and O–H groups in total. The van der Waals surface area contributed by atoms with Crippen LogP contribution in [0.5, 0.6) is 5.75 Å². The van der Waals surface area contributed by atoms with Crippen molar-refractivity contribution in [3.8, 4) is 5.75 Å². The van der Waals surface area contributed by atoms with Gasteiger partial charge < -0.3 is 15.4 Å². The van der Waals surface area contributed by atoms with Crippen LogP contribution < -0.4 is 10.5 Å². The SMILES string of the molecule is NC(=O)c1cccc(OC(=O)C2CCCN2C(=O)c2cccs2)c1. The molecule has 1 saturated heterocycles. The van der Waals surface area contributed by atoms with Crippen molar-refractivity contribution in [2.24, 2.45) is 5.73 Å². The number of rotatable bonds is 4. The number of thiophene rings is 1. The number of amides is 2. The third kappa shape index (κ3) is 3.30. The van der Waals surface area contributed by atoms with Crippen LogP contribution in [-0.4, -0.2) is 35.3 Å². The fraction of sp³-hybridized carbons (Fsp3) is 0.235. The molecule has 124 valence electrons. The topological polar surface area (TPSA) is 89.7 Å². The molecule has 1 aromatic heterocycles. The standard InChI is InChI=1S/C17H16N2O4S/c18-15(20)11-4-1-5-12(10-11)23-17(22)13-6-2-8-19(13)16(21)14-7-3-9-24-14/h1,3-5,7,9-10,13H,2,6,8H2,(H2,18,20). The number of nitrogens with two attached hydrogens (primary N) is 1. The van der Waals surface area contributed by atoms with Gasteiger partial charge in [0, 0.05) is 12.1 Å². The minimum absolute atomic E-state index is 0.157. The molecule has 7 heteroatoms. The summed E-state index contributed by atoms with van der Waals surface area (Å²) in [5, 5.41) is 1.83. The third-order valence-electron chi connectivity index (χ3n) is 3.85. The number of hydrogen-bond acceptors (Lipinski definition) is 5. The van der Waals surface area contributed by atoms with Crippen LogP contribution in [0.2, 0.25) is 0 Å². The molecule has 0 aliphatic carbocycles. The number of benzene rings is 1.